The van der Waals surface area contributed by atoms with E-state index in [1.807, 2.05) is 24.3 Å². The topological polar surface area (TPSA) is 54.1 Å². The number of rotatable bonds is 3. The van der Waals surface area contributed by atoms with E-state index >= 15 is 0 Å². The average molecular weight is 258 g/mol. The highest BCUT2D eigenvalue weighted by Crippen LogP contribution is 2.22. The van der Waals surface area contributed by atoms with Crippen LogP contribution in [0.4, 0.5) is 0 Å². The number of nitrogens with one attached hydrogen (secondary N) is 2. The summed E-state index contributed by atoms with van der Waals surface area (Å²) in [6, 6.07) is 7.99. The number of fused-ring (bicyclic) bond motifs is 1. The Bertz CT molecular complexity index is 597. The van der Waals surface area contributed by atoms with Gasteiger partial charge in [0.15, 0.2) is 0 Å². The van der Waals surface area contributed by atoms with Gasteiger partial charge in [0.1, 0.15) is 11.4 Å². The van der Waals surface area contributed by atoms with E-state index in [1.165, 1.54) is 12.8 Å². The fourth-order valence-electron chi connectivity index (χ4n) is 2.69. The third-order valence-corrected chi connectivity index (χ3v) is 3.76. The third-order valence-electron chi connectivity index (χ3n) is 3.76. The van der Waals surface area contributed by atoms with E-state index in [9.17, 15) is 4.79 Å². The molecule has 1 saturated carbocycles. The van der Waals surface area contributed by atoms with E-state index < -0.39 is 0 Å². The zero-order valence-electron chi connectivity index (χ0n) is 11.0. The van der Waals surface area contributed by atoms with Crippen molar-refractivity contribution in [3.8, 4) is 5.75 Å². The molecule has 0 atom stereocenters. The van der Waals surface area contributed by atoms with Gasteiger partial charge >= 0.3 is 0 Å². The summed E-state index contributed by atoms with van der Waals surface area (Å²) in [4.78, 5) is 15.3. The molecule has 3 rings (SSSR count). The molecule has 2 N–H and O–H groups in total. The Labute approximate surface area is 112 Å². The Kier molecular flexibility index (Phi) is 3.15. The fraction of sp³-hybridized carbons (Fsp3) is 0.400. The van der Waals surface area contributed by atoms with Gasteiger partial charge in [-0.1, -0.05) is 12.8 Å². The van der Waals surface area contributed by atoms with Crippen LogP contribution in [0.1, 0.15) is 36.2 Å². The van der Waals surface area contributed by atoms with Crippen LogP contribution >= 0.6 is 0 Å². The number of hydrogen-bond acceptors (Lipinski definition) is 2. The minimum Gasteiger partial charge on any atom is -0.497 e. The Morgan fingerprint density at radius 3 is 2.84 bits per heavy atom. The van der Waals surface area contributed by atoms with Crippen molar-refractivity contribution in [1.29, 1.82) is 0 Å². The second-order valence-corrected chi connectivity index (χ2v) is 5.09. The smallest absolute Gasteiger partial charge is 0.267 e. The predicted molar refractivity (Wildman–Crippen MR) is 74.6 cm³/mol. The predicted octanol–water partition coefficient (Wildman–Crippen LogP) is 2.85. The van der Waals surface area contributed by atoms with Crippen molar-refractivity contribution in [2.45, 2.75) is 31.7 Å². The first-order valence-electron chi connectivity index (χ1n) is 6.74. The minimum atomic E-state index is -0.0120. The second-order valence-electron chi connectivity index (χ2n) is 5.09. The van der Waals surface area contributed by atoms with Crippen LogP contribution in [0.3, 0.4) is 0 Å². The lowest BCUT2D eigenvalue weighted by molar-refractivity contribution is 0.0933. The summed E-state index contributed by atoms with van der Waals surface area (Å²) in [5.41, 5.74) is 1.55. The number of ether oxygens (including phenoxy) is 1. The Balaban J connectivity index is 1.81. The van der Waals surface area contributed by atoms with Gasteiger partial charge in [-0.05, 0) is 31.0 Å². The van der Waals surface area contributed by atoms with Gasteiger partial charge in [0, 0.05) is 23.0 Å². The van der Waals surface area contributed by atoms with E-state index in [1.54, 1.807) is 7.11 Å². The number of methoxy groups -OCH3 is 1. The van der Waals surface area contributed by atoms with Crippen molar-refractivity contribution in [2.24, 2.45) is 0 Å². The van der Waals surface area contributed by atoms with Crippen LogP contribution in [0.25, 0.3) is 10.9 Å². The first-order valence-corrected chi connectivity index (χ1v) is 6.74. The van der Waals surface area contributed by atoms with Crippen molar-refractivity contribution in [2.75, 3.05) is 7.11 Å². The van der Waals surface area contributed by atoms with Crippen LogP contribution in [-0.2, 0) is 0 Å². The number of aromatic amines is 1. The van der Waals surface area contributed by atoms with Crippen LogP contribution in [-0.4, -0.2) is 24.0 Å². The summed E-state index contributed by atoms with van der Waals surface area (Å²) < 4.78 is 5.18. The summed E-state index contributed by atoms with van der Waals surface area (Å²) in [5, 5.41) is 4.11. The molecule has 1 aliphatic rings. The Morgan fingerprint density at radius 1 is 1.32 bits per heavy atom. The monoisotopic (exact) mass is 258 g/mol. The maximum absolute atomic E-state index is 12.2. The summed E-state index contributed by atoms with van der Waals surface area (Å²) in [7, 11) is 1.64. The van der Waals surface area contributed by atoms with Crippen molar-refractivity contribution >= 4 is 16.8 Å². The van der Waals surface area contributed by atoms with Crippen LogP contribution < -0.4 is 10.1 Å². The van der Waals surface area contributed by atoms with E-state index in [0.29, 0.717) is 11.7 Å². The largest absolute Gasteiger partial charge is 0.497 e. The molecule has 0 radical (unpaired) electrons. The van der Waals surface area contributed by atoms with Gasteiger partial charge in [-0.25, -0.2) is 0 Å². The zero-order valence-corrected chi connectivity index (χ0v) is 11.0. The molecule has 1 aromatic heterocycles. The fourth-order valence-corrected chi connectivity index (χ4v) is 2.69. The van der Waals surface area contributed by atoms with Crippen molar-refractivity contribution < 1.29 is 9.53 Å². The molecule has 4 nitrogen and oxygen atoms in total. The highest BCUT2D eigenvalue weighted by Gasteiger charge is 2.18. The molecule has 1 fully saturated rings. The van der Waals surface area contributed by atoms with Crippen LogP contribution in [0, 0.1) is 0 Å². The molecule has 0 spiro atoms. The molecule has 1 aromatic carbocycles. The lowest BCUT2D eigenvalue weighted by Gasteiger charge is -2.10. The number of carbonyl (C=O) groups excluding carboxylic acids is 1. The van der Waals surface area contributed by atoms with E-state index in [2.05, 4.69) is 10.3 Å². The normalized spacial score (nSPS) is 15.8. The van der Waals surface area contributed by atoms with Gasteiger partial charge in [-0.2, -0.15) is 0 Å². The lowest BCUT2D eigenvalue weighted by atomic mass is 10.2. The third kappa shape index (κ3) is 2.43. The number of carbonyl (C=O) groups is 1. The van der Waals surface area contributed by atoms with Gasteiger partial charge < -0.3 is 15.0 Å². The van der Waals surface area contributed by atoms with E-state index in [0.717, 1.165) is 29.5 Å². The molecule has 19 heavy (non-hydrogen) atoms. The molecule has 0 bridgehead atoms. The Hall–Kier alpha value is -1.97. The van der Waals surface area contributed by atoms with Crippen molar-refractivity contribution in [1.82, 2.24) is 10.3 Å². The molecule has 0 aliphatic heterocycles. The summed E-state index contributed by atoms with van der Waals surface area (Å²) in [6.45, 7) is 0. The minimum absolute atomic E-state index is 0.0120. The van der Waals surface area contributed by atoms with E-state index in [4.69, 9.17) is 4.74 Å². The quantitative estimate of drug-likeness (QED) is 0.889. The molecular weight excluding hydrogens is 240 g/mol. The number of H-pyrrole nitrogens is 1. The van der Waals surface area contributed by atoms with Crippen molar-refractivity contribution in [3.05, 3.63) is 30.0 Å². The SMILES string of the molecule is COc1ccc2cc(C(=O)NC3CCCC3)[nH]c2c1. The van der Waals surface area contributed by atoms with Gasteiger partial charge in [-0.15, -0.1) is 0 Å². The highest BCUT2D eigenvalue weighted by atomic mass is 16.5. The number of amides is 1. The molecule has 100 valence electrons. The molecule has 1 aliphatic carbocycles. The molecule has 4 heteroatoms. The molecule has 0 saturated heterocycles. The molecule has 2 aromatic rings. The van der Waals surface area contributed by atoms with E-state index in [-0.39, 0.29) is 5.91 Å². The number of benzene rings is 1. The highest BCUT2D eigenvalue weighted by molar-refractivity contribution is 5.98. The maximum atomic E-state index is 12.2. The van der Waals surface area contributed by atoms with Crippen LogP contribution in [0.15, 0.2) is 24.3 Å². The number of aromatic nitrogens is 1. The van der Waals surface area contributed by atoms with Crippen molar-refractivity contribution in [3.63, 3.8) is 0 Å². The summed E-state index contributed by atoms with van der Waals surface area (Å²) in [6.07, 6.45) is 4.63. The summed E-state index contributed by atoms with van der Waals surface area (Å²) in [5.74, 6) is 0.777. The Morgan fingerprint density at radius 2 is 2.11 bits per heavy atom. The standard InChI is InChI=1S/C15H18N2O2/c1-19-12-7-6-10-8-14(17-13(10)9-12)15(18)16-11-4-2-3-5-11/h6-9,11,17H,2-5H2,1H3,(H,16,18). The van der Waals surface area contributed by atoms with Gasteiger partial charge in [0.05, 0.1) is 7.11 Å². The lowest BCUT2D eigenvalue weighted by Crippen LogP contribution is -2.32. The molecular formula is C15H18N2O2. The van der Waals surface area contributed by atoms with Crippen LogP contribution in [0.2, 0.25) is 0 Å². The molecule has 1 heterocycles. The van der Waals surface area contributed by atoms with Gasteiger partial charge in [0.2, 0.25) is 0 Å². The summed E-state index contributed by atoms with van der Waals surface area (Å²) >= 11 is 0. The first-order chi connectivity index (χ1) is 9.26. The van der Waals surface area contributed by atoms with Gasteiger partial charge in [-0.3, -0.25) is 4.79 Å². The number of hydrogen-bond donors (Lipinski definition) is 2. The van der Waals surface area contributed by atoms with Gasteiger partial charge in [0.25, 0.3) is 5.91 Å². The van der Waals surface area contributed by atoms with Crippen LogP contribution in [0.5, 0.6) is 5.75 Å². The maximum Gasteiger partial charge on any atom is 0.267 e. The molecule has 0 unspecified atom stereocenters. The zero-order chi connectivity index (χ0) is 13.2. The average Bonchev–Trinajstić information content (AvgIpc) is 3.05. The molecule has 1 amide bonds. The first kappa shape index (κ1) is 12.1. The second kappa shape index (κ2) is 4.96.